The number of H-pyrrole nitrogens is 1. The van der Waals surface area contributed by atoms with Crippen LogP contribution in [-0.2, 0) is 21.4 Å². The van der Waals surface area contributed by atoms with E-state index < -0.39 is 0 Å². The summed E-state index contributed by atoms with van der Waals surface area (Å²) in [5, 5.41) is 1.31. The van der Waals surface area contributed by atoms with Gasteiger partial charge in [0.05, 0.1) is 13.5 Å². The fourth-order valence-corrected chi connectivity index (χ4v) is 3.64. The summed E-state index contributed by atoms with van der Waals surface area (Å²) >= 11 is 0. The van der Waals surface area contributed by atoms with E-state index in [1.54, 1.807) is 0 Å². The molecule has 0 radical (unpaired) electrons. The first-order chi connectivity index (χ1) is 9.70. The van der Waals surface area contributed by atoms with Crippen molar-refractivity contribution in [1.82, 2.24) is 4.98 Å². The fraction of sp³-hybridized carbons (Fsp3) is 0.471. The molecule has 106 valence electrons. The molecule has 1 heterocycles. The van der Waals surface area contributed by atoms with Crippen LogP contribution in [0.15, 0.2) is 24.3 Å². The second-order valence-electron chi connectivity index (χ2n) is 5.76. The van der Waals surface area contributed by atoms with Gasteiger partial charge in [-0.3, -0.25) is 4.79 Å². The van der Waals surface area contributed by atoms with Gasteiger partial charge in [-0.1, -0.05) is 25.1 Å². The lowest BCUT2D eigenvalue weighted by Gasteiger charge is -2.35. The smallest absolute Gasteiger partial charge is 0.306 e. The molecule has 2 aromatic rings. The van der Waals surface area contributed by atoms with Crippen LogP contribution in [-0.4, -0.2) is 18.1 Å². The topological polar surface area (TPSA) is 42.1 Å². The minimum atomic E-state index is -0.113. The van der Waals surface area contributed by atoms with Crippen molar-refractivity contribution < 1.29 is 9.53 Å². The highest BCUT2D eigenvalue weighted by atomic mass is 16.5. The molecule has 0 saturated carbocycles. The van der Waals surface area contributed by atoms with Crippen LogP contribution in [0, 0.1) is 0 Å². The summed E-state index contributed by atoms with van der Waals surface area (Å²) in [6.45, 7) is 2.17. The molecule has 1 atom stereocenters. The number of aromatic amines is 1. The van der Waals surface area contributed by atoms with Crippen LogP contribution < -0.4 is 0 Å². The van der Waals surface area contributed by atoms with Gasteiger partial charge >= 0.3 is 5.97 Å². The molecule has 1 N–H and O–H groups in total. The molecule has 3 nitrogen and oxygen atoms in total. The third-order valence-electron chi connectivity index (χ3n) is 4.81. The van der Waals surface area contributed by atoms with Crippen molar-refractivity contribution in [1.29, 1.82) is 0 Å². The maximum Gasteiger partial charge on any atom is 0.306 e. The zero-order valence-electron chi connectivity index (χ0n) is 12.2. The molecule has 3 heteroatoms. The molecule has 0 saturated heterocycles. The number of benzene rings is 1. The van der Waals surface area contributed by atoms with Crippen molar-refractivity contribution in [3.05, 3.63) is 35.5 Å². The number of carbonyl (C=O) groups excluding carboxylic acids is 1. The molecule has 20 heavy (non-hydrogen) atoms. The Morgan fingerprint density at radius 1 is 1.40 bits per heavy atom. The van der Waals surface area contributed by atoms with E-state index in [-0.39, 0.29) is 11.4 Å². The van der Waals surface area contributed by atoms with E-state index in [2.05, 4.69) is 36.2 Å². The van der Waals surface area contributed by atoms with Gasteiger partial charge in [0.15, 0.2) is 0 Å². The number of rotatable bonds is 3. The second-order valence-corrected chi connectivity index (χ2v) is 5.76. The average Bonchev–Trinajstić information content (AvgIpc) is 2.87. The van der Waals surface area contributed by atoms with Crippen molar-refractivity contribution in [2.24, 2.45) is 0 Å². The Labute approximate surface area is 119 Å². The van der Waals surface area contributed by atoms with Gasteiger partial charge in [-0.15, -0.1) is 0 Å². The molecule has 1 aromatic heterocycles. The van der Waals surface area contributed by atoms with Crippen LogP contribution in [0.5, 0.6) is 0 Å². The van der Waals surface area contributed by atoms with E-state index in [9.17, 15) is 4.79 Å². The van der Waals surface area contributed by atoms with Crippen LogP contribution in [0.1, 0.15) is 43.9 Å². The Bertz CT molecular complexity index is 643. The number of fused-ring (bicyclic) bond motifs is 3. The van der Waals surface area contributed by atoms with E-state index in [0.29, 0.717) is 6.42 Å². The number of ether oxygens (including phenoxy) is 1. The lowest BCUT2D eigenvalue weighted by molar-refractivity contribution is -0.142. The molecular formula is C17H21NO2. The zero-order valence-corrected chi connectivity index (χ0v) is 12.2. The molecule has 1 aliphatic rings. The van der Waals surface area contributed by atoms with E-state index in [0.717, 1.165) is 25.7 Å². The van der Waals surface area contributed by atoms with Crippen LogP contribution >= 0.6 is 0 Å². The van der Waals surface area contributed by atoms with E-state index in [1.807, 2.05) is 0 Å². The Kier molecular flexibility index (Phi) is 3.28. The van der Waals surface area contributed by atoms with Crippen LogP contribution in [0.3, 0.4) is 0 Å². The van der Waals surface area contributed by atoms with Gasteiger partial charge in [0.1, 0.15) is 0 Å². The number of methoxy groups -OCH3 is 1. The number of aromatic nitrogens is 1. The van der Waals surface area contributed by atoms with Crippen molar-refractivity contribution in [2.45, 2.75) is 44.4 Å². The summed E-state index contributed by atoms with van der Waals surface area (Å²) in [7, 11) is 1.47. The Hall–Kier alpha value is -1.77. The lowest BCUT2D eigenvalue weighted by atomic mass is 9.69. The third-order valence-corrected chi connectivity index (χ3v) is 4.81. The van der Waals surface area contributed by atoms with Crippen LogP contribution in [0.4, 0.5) is 0 Å². The normalized spacial score (nSPS) is 21.7. The molecule has 3 rings (SSSR count). The quantitative estimate of drug-likeness (QED) is 0.865. The first-order valence-electron chi connectivity index (χ1n) is 7.37. The first-order valence-corrected chi connectivity index (χ1v) is 7.37. The number of aryl methyl sites for hydroxylation is 1. The number of para-hydroxylation sites is 1. The zero-order chi connectivity index (χ0) is 14.2. The van der Waals surface area contributed by atoms with Crippen molar-refractivity contribution in [3.8, 4) is 0 Å². The summed E-state index contributed by atoms with van der Waals surface area (Å²) in [4.78, 5) is 15.4. The standard InChI is InChI=1S/C17H21NO2/c1-3-17(11-15(19)20-2)10-6-8-13-12-7-4-5-9-14(12)18-16(13)17/h4-5,7,9,18H,3,6,8,10-11H2,1-2H3/t17-/m0/s1. The van der Waals surface area contributed by atoms with Gasteiger partial charge in [-0.05, 0) is 37.3 Å². The van der Waals surface area contributed by atoms with Crippen molar-refractivity contribution in [2.75, 3.05) is 7.11 Å². The van der Waals surface area contributed by atoms with Gasteiger partial charge < -0.3 is 9.72 Å². The highest BCUT2D eigenvalue weighted by Gasteiger charge is 2.39. The maximum absolute atomic E-state index is 11.8. The molecule has 1 aliphatic carbocycles. The molecule has 0 spiro atoms. The Morgan fingerprint density at radius 2 is 2.20 bits per heavy atom. The molecule has 0 unspecified atom stereocenters. The SMILES string of the molecule is CC[C@@]1(CC(=O)OC)CCCc2c1[nH]c1ccccc21. The Morgan fingerprint density at radius 3 is 2.95 bits per heavy atom. The van der Waals surface area contributed by atoms with Gasteiger partial charge in [-0.25, -0.2) is 0 Å². The summed E-state index contributed by atoms with van der Waals surface area (Å²) in [5.74, 6) is -0.113. The van der Waals surface area contributed by atoms with E-state index >= 15 is 0 Å². The number of hydrogen-bond acceptors (Lipinski definition) is 2. The van der Waals surface area contributed by atoms with E-state index in [1.165, 1.54) is 29.3 Å². The molecule has 1 aromatic carbocycles. The largest absolute Gasteiger partial charge is 0.469 e. The fourth-order valence-electron chi connectivity index (χ4n) is 3.64. The maximum atomic E-state index is 11.8. The number of hydrogen-bond donors (Lipinski definition) is 1. The number of nitrogens with one attached hydrogen (secondary N) is 1. The van der Waals surface area contributed by atoms with Crippen molar-refractivity contribution in [3.63, 3.8) is 0 Å². The number of esters is 1. The monoisotopic (exact) mass is 271 g/mol. The summed E-state index contributed by atoms with van der Waals surface area (Å²) in [6.07, 6.45) is 4.72. The van der Waals surface area contributed by atoms with Gasteiger partial charge in [0.25, 0.3) is 0 Å². The van der Waals surface area contributed by atoms with Crippen molar-refractivity contribution >= 4 is 16.9 Å². The molecule has 0 fully saturated rings. The number of carbonyl (C=O) groups is 1. The average molecular weight is 271 g/mol. The molecule has 0 aliphatic heterocycles. The van der Waals surface area contributed by atoms with Gasteiger partial charge in [0.2, 0.25) is 0 Å². The minimum Gasteiger partial charge on any atom is -0.469 e. The van der Waals surface area contributed by atoms with E-state index in [4.69, 9.17) is 4.74 Å². The summed E-state index contributed by atoms with van der Waals surface area (Å²) < 4.78 is 4.92. The molecule has 0 bridgehead atoms. The molecule has 0 amide bonds. The second kappa shape index (κ2) is 4.97. The summed E-state index contributed by atoms with van der Waals surface area (Å²) in [5.41, 5.74) is 3.76. The predicted octanol–water partition coefficient (Wildman–Crippen LogP) is 3.72. The van der Waals surface area contributed by atoms with Crippen LogP contribution in [0.25, 0.3) is 10.9 Å². The van der Waals surface area contributed by atoms with Gasteiger partial charge in [0, 0.05) is 22.0 Å². The highest BCUT2D eigenvalue weighted by molar-refractivity contribution is 5.86. The highest BCUT2D eigenvalue weighted by Crippen LogP contribution is 2.44. The predicted molar refractivity (Wildman–Crippen MR) is 79.8 cm³/mol. The Balaban J connectivity index is 2.14. The summed E-state index contributed by atoms with van der Waals surface area (Å²) in [6, 6.07) is 8.43. The molecular weight excluding hydrogens is 250 g/mol. The van der Waals surface area contributed by atoms with Gasteiger partial charge in [-0.2, -0.15) is 0 Å². The first kappa shape index (κ1) is 13.2. The lowest BCUT2D eigenvalue weighted by Crippen LogP contribution is -2.33. The third kappa shape index (κ3) is 1.92. The minimum absolute atomic E-state index is 0.0836. The van der Waals surface area contributed by atoms with Crippen LogP contribution in [0.2, 0.25) is 0 Å².